The van der Waals surface area contributed by atoms with E-state index in [-0.39, 0.29) is 5.91 Å². The molecule has 1 aliphatic rings. The predicted molar refractivity (Wildman–Crippen MR) is 79.2 cm³/mol. The van der Waals surface area contributed by atoms with Gasteiger partial charge in [0.15, 0.2) is 0 Å². The summed E-state index contributed by atoms with van der Waals surface area (Å²) in [7, 11) is 0. The summed E-state index contributed by atoms with van der Waals surface area (Å²) in [6.07, 6.45) is -0.576. The zero-order chi connectivity index (χ0) is 14.2. The van der Waals surface area contributed by atoms with Crippen LogP contribution in [0.1, 0.15) is 32.4 Å². The molecule has 104 valence electrons. The Morgan fingerprint density at radius 1 is 1.47 bits per heavy atom. The van der Waals surface area contributed by atoms with E-state index in [0.29, 0.717) is 6.54 Å². The van der Waals surface area contributed by atoms with Gasteiger partial charge in [0, 0.05) is 28.8 Å². The number of benzene rings is 1. The van der Waals surface area contributed by atoms with Crippen LogP contribution in [0.5, 0.6) is 0 Å². The highest BCUT2D eigenvalue weighted by atomic mass is 79.9. The van der Waals surface area contributed by atoms with Gasteiger partial charge in [0.1, 0.15) is 5.54 Å². The summed E-state index contributed by atoms with van der Waals surface area (Å²) in [6.45, 7) is 6.89. The van der Waals surface area contributed by atoms with Gasteiger partial charge in [0.25, 0.3) is 0 Å². The number of nitrogens with zero attached hydrogens (tertiary/aromatic N) is 1. The number of anilines is 1. The number of aliphatic hydroxyl groups excluding tert-OH is 1. The number of halogens is 1. The molecule has 0 saturated carbocycles. The average molecular weight is 327 g/mol. The third-order valence-electron chi connectivity index (χ3n) is 3.58. The molecule has 1 saturated heterocycles. The Hall–Kier alpha value is -1.07. The molecular formula is C14H19BrN2O2. The summed E-state index contributed by atoms with van der Waals surface area (Å²) in [5.74, 6) is 0.0122. The smallest absolute Gasteiger partial charge is 0.245 e. The summed E-state index contributed by atoms with van der Waals surface area (Å²) in [5.41, 5.74) is 1.13. The van der Waals surface area contributed by atoms with E-state index >= 15 is 0 Å². The molecule has 1 aromatic carbocycles. The zero-order valence-corrected chi connectivity index (χ0v) is 13.0. The van der Waals surface area contributed by atoms with Crippen LogP contribution in [-0.4, -0.2) is 29.6 Å². The lowest BCUT2D eigenvalue weighted by Crippen LogP contribution is -2.62. The molecule has 0 spiro atoms. The van der Waals surface area contributed by atoms with E-state index in [2.05, 4.69) is 26.1 Å². The normalized spacial score (nSPS) is 20.1. The molecule has 1 fully saturated rings. The first kappa shape index (κ1) is 14.3. The second-order valence-electron chi connectivity index (χ2n) is 5.35. The highest BCUT2D eigenvalue weighted by molar-refractivity contribution is 9.10. The predicted octanol–water partition coefficient (Wildman–Crippen LogP) is 2.22. The monoisotopic (exact) mass is 326 g/mol. The van der Waals surface area contributed by atoms with Crippen LogP contribution in [0.2, 0.25) is 0 Å². The Morgan fingerprint density at radius 3 is 2.79 bits per heavy atom. The first-order valence-corrected chi connectivity index (χ1v) is 7.17. The molecule has 0 aromatic heterocycles. The van der Waals surface area contributed by atoms with Gasteiger partial charge in [-0.1, -0.05) is 15.9 Å². The molecule has 1 amide bonds. The number of amides is 1. The van der Waals surface area contributed by atoms with Crippen LogP contribution in [0.15, 0.2) is 22.7 Å². The van der Waals surface area contributed by atoms with Gasteiger partial charge in [-0.15, -0.1) is 0 Å². The summed E-state index contributed by atoms with van der Waals surface area (Å²) >= 11 is 3.42. The van der Waals surface area contributed by atoms with Gasteiger partial charge in [-0.25, -0.2) is 0 Å². The van der Waals surface area contributed by atoms with Crippen molar-refractivity contribution in [2.75, 3.05) is 18.0 Å². The van der Waals surface area contributed by atoms with E-state index in [1.807, 2.05) is 32.0 Å². The molecule has 1 unspecified atom stereocenters. The fourth-order valence-corrected chi connectivity index (χ4v) is 2.81. The van der Waals surface area contributed by atoms with Crippen LogP contribution in [0, 0.1) is 0 Å². The maximum Gasteiger partial charge on any atom is 0.245 e. The van der Waals surface area contributed by atoms with E-state index in [1.165, 1.54) is 0 Å². The standard InChI is InChI=1S/C14H19BrN2O2/c1-9(18)11-8-10(15)4-5-12(11)17-7-6-16-13(19)14(17,2)3/h4-5,8-9,18H,6-7H2,1-3H3,(H,16,19). The number of nitrogens with one attached hydrogen (secondary N) is 1. The number of aliphatic hydroxyl groups is 1. The van der Waals surface area contributed by atoms with E-state index in [4.69, 9.17) is 0 Å². The summed E-state index contributed by atoms with van der Waals surface area (Å²) in [4.78, 5) is 14.1. The summed E-state index contributed by atoms with van der Waals surface area (Å²) in [5, 5.41) is 12.8. The highest BCUT2D eigenvalue weighted by Gasteiger charge is 2.38. The Labute approximate surface area is 121 Å². The van der Waals surface area contributed by atoms with Gasteiger partial charge < -0.3 is 15.3 Å². The third-order valence-corrected chi connectivity index (χ3v) is 4.08. The maximum absolute atomic E-state index is 12.0. The second-order valence-corrected chi connectivity index (χ2v) is 6.26. The Morgan fingerprint density at radius 2 is 2.16 bits per heavy atom. The average Bonchev–Trinajstić information content (AvgIpc) is 2.33. The molecule has 1 aromatic rings. The van der Waals surface area contributed by atoms with Crippen LogP contribution >= 0.6 is 15.9 Å². The number of hydrogen-bond donors (Lipinski definition) is 2. The molecule has 0 bridgehead atoms. The number of carbonyl (C=O) groups excluding carboxylic acids is 1. The van der Waals surface area contributed by atoms with Crippen molar-refractivity contribution in [3.8, 4) is 0 Å². The number of piperazine rings is 1. The van der Waals surface area contributed by atoms with Crippen molar-refractivity contribution in [2.45, 2.75) is 32.4 Å². The Bertz CT molecular complexity index is 500. The Balaban J connectivity index is 2.49. The minimum atomic E-state index is -0.615. The van der Waals surface area contributed by atoms with Crippen molar-refractivity contribution in [1.29, 1.82) is 0 Å². The summed E-state index contributed by atoms with van der Waals surface area (Å²) in [6, 6.07) is 5.79. The molecule has 19 heavy (non-hydrogen) atoms. The lowest BCUT2D eigenvalue weighted by atomic mass is 9.95. The van der Waals surface area contributed by atoms with Gasteiger partial charge in [0.2, 0.25) is 5.91 Å². The van der Waals surface area contributed by atoms with Gasteiger partial charge >= 0.3 is 0 Å². The highest BCUT2D eigenvalue weighted by Crippen LogP contribution is 2.34. The van der Waals surface area contributed by atoms with Gasteiger partial charge in [-0.2, -0.15) is 0 Å². The molecule has 0 aliphatic carbocycles. The Kier molecular flexibility index (Phi) is 3.87. The van der Waals surface area contributed by atoms with Crippen molar-refractivity contribution in [3.05, 3.63) is 28.2 Å². The van der Waals surface area contributed by atoms with Crippen molar-refractivity contribution in [1.82, 2.24) is 5.32 Å². The first-order chi connectivity index (χ1) is 8.84. The van der Waals surface area contributed by atoms with Crippen molar-refractivity contribution >= 4 is 27.5 Å². The van der Waals surface area contributed by atoms with E-state index in [1.54, 1.807) is 6.92 Å². The third kappa shape index (κ3) is 2.62. The van der Waals surface area contributed by atoms with Gasteiger partial charge in [-0.3, -0.25) is 4.79 Å². The molecule has 1 heterocycles. The van der Waals surface area contributed by atoms with E-state index in [0.717, 1.165) is 22.3 Å². The van der Waals surface area contributed by atoms with Crippen molar-refractivity contribution < 1.29 is 9.90 Å². The molecule has 0 radical (unpaired) electrons. The molecule has 2 rings (SSSR count). The van der Waals surface area contributed by atoms with Crippen LogP contribution in [0.25, 0.3) is 0 Å². The number of hydrogen-bond acceptors (Lipinski definition) is 3. The summed E-state index contributed by atoms with van der Waals surface area (Å²) < 4.78 is 0.923. The fraction of sp³-hybridized carbons (Fsp3) is 0.500. The zero-order valence-electron chi connectivity index (χ0n) is 11.4. The minimum Gasteiger partial charge on any atom is -0.389 e. The largest absolute Gasteiger partial charge is 0.389 e. The van der Waals surface area contributed by atoms with Gasteiger partial charge in [0.05, 0.1) is 6.10 Å². The molecule has 5 heteroatoms. The van der Waals surface area contributed by atoms with E-state index in [9.17, 15) is 9.90 Å². The lowest BCUT2D eigenvalue weighted by molar-refractivity contribution is -0.126. The lowest BCUT2D eigenvalue weighted by Gasteiger charge is -2.44. The first-order valence-electron chi connectivity index (χ1n) is 6.37. The van der Waals surface area contributed by atoms with Crippen molar-refractivity contribution in [3.63, 3.8) is 0 Å². The number of rotatable bonds is 2. The van der Waals surface area contributed by atoms with Crippen LogP contribution in [-0.2, 0) is 4.79 Å². The molecule has 1 aliphatic heterocycles. The molecule has 2 N–H and O–H groups in total. The van der Waals surface area contributed by atoms with Crippen LogP contribution in [0.3, 0.4) is 0 Å². The van der Waals surface area contributed by atoms with E-state index < -0.39 is 11.6 Å². The van der Waals surface area contributed by atoms with Crippen LogP contribution < -0.4 is 10.2 Å². The molecular weight excluding hydrogens is 308 g/mol. The quantitative estimate of drug-likeness (QED) is 0.876. The topological polar surface area (TPSA) is 52.6 Å². The van der Waals surface area contributed by atoms with Crippen molar-refractivity contribution in [2.24, 2.45) is 0 Å². The minimum absolute atomic E-state index is 0.0122. The second kappa shape index (κ2) is 5.13. The molecule has 4 nitrogen and oxygen atoms in total. The van der Waals surface area contributed by atoms with Gasteiger partial charge in [-0.05, 0) is 39.0 Å². The maximum atomic E-state index is 12.0. The fourth-order valence-electron chi connectivity index (χ4n) is 2.43. The number of carbonyl (C=O) groups is 1. The van der Waals surface area contributed by atoms with Crippen LogP contribution in [0.4, 0.5) is 5.69 Å². The molecule has 1 atom stereocenters. The SMILES string of the molecule is CC(O)c1cc(Br)ccc1N1CCNC(=O)C1(C)C.